The van der Waals surface area contributed by atoms with Crippen LogP contribution in [0.15, 0.2) is 54.6 Å². The summed E-state index contributed by atoms with van der Waals surface area (Å²) in [6.07, 6.45) is 1.68. The Morgan fingerprint density at radius 2 is 1.46 bits per heavy atom. The van der Waals surface area contributed by atoms with Gasteiger partial charge in [0.2, 0.25) is 0 Å². The number of hydrogen-bond donors (Lipinski definition) is 0. The van der Waals surface area contributed by atoms with Crippen LogP contribution in [-0.2, 0) is 19.1 Å². The molecule has 0 radical (unpaired) electrons. The van der Waals surface area contributed by atoms with Crippen molar-refractivity contribution in [3.05, 3.63) is 71.3 Å². The minimum absolute atomic E-state index is 0.177. The summed E-state index contributed by atoms with van der Waals surface area (Å²) in [4.78, 5) is 30.3. The van der Waals surface area contributed by atoms with Gasteiger partial charge in [-0.1, -0.05) is 62.7 Å². The molecule has 2 aromatic carbocycles. The van der Waals surface area contributed by atoms with E-state index in [4.69, 9.17) is 14.3 Å². The Bertz CT molecular complexity index is 926. The van der Waals surface area contributed by atoms with Gasteiger partial charge in [-0.25, -0.2) is 4.79 Å². The van der Waals surface area contributed by atoms with E-state index in [1.54, 1.807) is 12.1 Å². The second-order valence-corrected chi connectivity index (χ2v) is 9.56. The Morgan fingerprint density at radius 1 is 0.886 bits per heavy atom. The van der Waals surface area contributed by atoms with Crippen molar-refractivity contribution in [2.24, 2.45) is 0 Å². The van der Waals surface area contributed by atoms with Gasteiger partial charge in [-0.3, -0.25) is 9.63 Å². The van der Waals surface area contributed by atoms with Gasteiger partial charge >= 0.3 is 11.9 Å². The fraction of sp³-hybridized carbons (Fsp3) is 0.517. The Morgan fingerprint density at radius 3 is 1.97 bits per heavy atom. The molecule has 0 aliphatic heterocycles. The number of hydrogen-bond acceptors (Lipinski definition) is 6. The Labute approximate surface area is 210 Å². The quantitative estimate of drug-likeness (QED) is 0.230. The third-order valence-corrected chi connectivity index (χ3v) is 6.09. The van der Waals surface area contributed by atoms with Crippen LogP contribution in [0.1, 0.15) is 101 Å². The normalized spacial score (nSPS) is 14.3. The van der Waals surface area contributed by atoms with Crippen molar-refractivity contribution < 1.29 is 23.9 Å². The van der Waals surface area contributed by atoms with Crippen LogP contribution in [0, 0.1) is 0 Å². The maximum Gasteiger partial charge on any atom is 0.338 e. The number of esters is 2. The third kappa shape index (κ3) is 8.79. The standard InChI is InChI=1S/C29H41NO5/c1-8-13-27(34-28(32)26-14-11-10-12-15-26)20-29(6,7)30(9-2)35-22(4)25-18-16-24(17-19-25)21(3)33-23(5)31/h10-12,14-19,21-22,27H,8-9,13,20H2,1-7H3. The van der Waals surface area contributed by atoms with Crippen LogP contribution in [0.4, 0.5) is 0 Å². The van der Waals surface area contributed by atoms with Crippen molar-refractivity contribution in [1.29, 1.82) is 0 Å². The molecule has 0 saturated carbocycles. The fourth-order valence-corrected chi connectivity index (χ4v) is 4.23. The highest BCUT2D eigenvalue weighted by Crippen LogP contribution is 2.29. The number of nitrogens with zero attached hydrogens (tertiary/aromatic N) is 1. The number of rotatable bonds is 13. The van der Waals surface area contributed by atoms with Crippen LogP contribution in [0.3, 0.4) is 0 Å². The van der Waals surface area contributed by atoms with E-state index in [9.17, 15) is 9.59 Å². The first-order valence-corrected chi connectivity index (χ1v) is 12.5. The topological polar surface area (TPSA) is 65.1 Å². The molecule has 0 aliphatic carbocycles. The molecule has 192 valence electrons. The molecule has 6 nitrogen and oxygen atoms in total. The maximum absolute atomic E-state index is 12.7. The maximum atomic E-state index is 12.7. The second kappa shape index (κ2) is 13.4. The molecule has 2 aromatic rings. The first kappa shape index (κ1) is 28.5. The van der Waals surface area contributed by atoms with Crippen molar-refractivity contribution in [2.75, 3.05) is 6.54 Å². The number of carbonyl (C=O) groups is 2. The van der Waals surface area contributed by atoms with E-state index in [0.717, 1.165) is 24.0 Å². The average molecular weight is 484 g/mol. The van der Waals surface area contributed by atoms with E-state index in [1.807, 2.05) is 61.4 Å². The van der Waals surface area contributed by atoms with Crippen LogP contribution < -0.4 is 0 Å². The monoisotopic (exact) mass is 483 g/mol. The van der Waals surface area contributed by atoms with E-state index in [0.29, 0.717) is 18.5 Å². The average Bonchev–Trinajstić information content (AvgIpc) is 2.82. The lowest BCUT2D eigenvalue weighted by molar-refractivity contribution is -0.247. The molecule has 35 heavy (non-hydrogen) atoms. The molecule has 0 N–H and O–H groups in total. The fourth-order valence-electron chi connectivity index (χ4n) is 4.23. The molecule has 3 unspecified atom stereocenters. The largest absolute Gasteiger partial charge is 0.459 e. The van der Waals surface area contributed by atoms with Gasteiger partial charge in [-0.2, -0.15) is 5.06 Å². The zero-order valence-electron chi connectivity index (χ0n) is 22.2. The summed E-state index contributed by atoms with van der Waals surface area (Å²) in [6.45, 7) is 14.4. The van der Waals surface area contributed by atoms with Gasteiger partial charge in [-0.05, 0) is 57.4 Å². The van der Waals surface area contributed by atoms with Crippen molar-refractivity contribution in [1.82, 2.24) is 5.06 Å². The lowest BCUT2D eigenvalue weighted by Crippen LogP contribution is -2.47. The minimum Gasteiger partial charge on any atom is -0.459 e. The molecular weight excluding hydrogens is 442 g/mol. The second-order valence-electron chi connectivity index (χ2n) is 9.56. The molecule has 0 aliphatic rings. The zero-order valence-corrected chi connectivity index (χ0v) is 22.2. The highest BCUT2D eigenvalue weighted by Gasteiger charge is 2.33. The van der Waals surface area contributed by atoms with E-state index in [2.05, 4.69) is 27.7 Å². The molecule has 0 saturated heterocycles. The van der Waals surface area contributed by atoms with Gasteiger partial charge in [0.25, 0.3) is 0 Å². The lowest BCUT2D eigenvalue weighted by atomic mass is 9.94. The van der Waals surface area contributed by atoms with Gasteiger partial charge in [0.15, 0.2) is 0 Å². The number of ether oxygens (including phenoxy) is 2. The Balaban J connectivity index is 2.05. The van der Waals surface area contributed by atoms with Crippen molar-refractivity contribution in [3.63, 3.8) is 0 Å². The van der Waals surface area contributed by atoms with Gasteiger partial charge in [-0.15, -0.1) is 0 Å². The van der Waals surface area contributed by atoms with Crippen LogP contribution in [-0.4, -0.2) is 35.2 Å². The first-order valence-electron chi connectivity index (χ1n) is 12.5. The summed E-state index contributed by atoms with van der Waals surface area (Å²) in [7, 11) is 0. The van der Waals surface area contributed by atoms with Crippen molar-refractivity contribution >= 4 is 11.9 Å². The number of hydroxylamine groups is 2. The van der Waals surface area contributed by atoms with Crippen LogP contribution in [0.25, 0.3) is 0 Å². The number of benzene rings is 2. The molecule has 0 fully saturated rings. The molecule has 0 aromatic heterocycles. The summed E-state index contributed by atoms with van der Waals surface area (Å²) in [5.74, 6) is -0.588. The van der Waals surface area contributed by atoms with Gasteiger partial charge < -0.3 is 9.47 Å². The van der Waals surface area contributed by atoms with E-state index < -0.39 is 0 Å². The molecule has 2 rings (SSSR count). The minimum atomic E-state index is -0.358. The number of carbonyl (C=O) groups excluding carboxylic acids is 2. The van der Waals surface area contributed by atoms with Crippen LogP contribution >= 0.6 is 0 Å². The SMILES string of the molecule is CCCC(CC(C)(C)N(CC)OC(C)c1ccc(C(C)OC(C)=O)cc1)OC(=O)c1ccccc1. The highest BCUT2D eigenvalue weighted by molar-refractivity contribution is 5.89. The smallest absolute Gasteiger partial charge is 0.338 e. The summed E-state index contributed by atoms with van der Waals surface area (Å²) in [5, 5.41) is 1.98. The Kier molecular flexibility index (Phi) is 10.9. The molecule has 3 atom stereocenters. The van der Waals surface area contributed by atoms with Crippen LogP contribution in [0.2, 0.25) is 0 Å². The highest BCUT2D eigenvalue weighted by atomic mass is 16.7. The van der Waals surface area contributed by atoms with E-state index in [1.165, 1.54) is 6.92 Å². The van der Waals surface area contributed by atoms with E-state index in [-0.39, 0.29) is 35.8 Å². The predicted octanol–water partition coefficient (Wildman–Crippen LogP) is 6.82. The molecule has 0 spiro atoms. The first-order chi connectivity index (χ1) is 16.6. The van der Waals surface area contributed by atoms with Crippen molar-refractivity contribution in [2.45, 2.75) is 91.6 Å². The molecular formula is C29H41NO5. The summed E-state index contributed by atoms with van der Waals surface area (Å²) >= 11 is 0. The van der Waals surface area contributed by atoms with Crippen LogP contribution in [0.5, 0.6) is 0 Å². The lowest BCUT2D eigenvalue weighted by Gasteiger charge is -2.40. The van der Waals surface area contributed by atoms with Gasteiger partial charge in [0, 0.05) is 25.4 Å². The summed E-state index contributed by atoms with van der Waals surface area (Å²) in [6, 6.07) is 17.0. The van der Waals surface area contributed by atoms with Gasteiger partial charge in [0.05, 0.1) is 5.56 Å². The summed E-state index contributed by atoms with van der Waals surface area (Å²) in [5.41, 5.74) is 2.17. The molecule has 0 amide bonds. The summed E-state index contributed by atoms with van der Waals surface area (Å²) < 4.78 is 11.2. The van der Waals surface area contributed by atoms with Crippen molar-refractivity contribution in [3.8, 4) is 0 Å². The Hall–Kier alpha value is -2.70. The zero-order chi connectivity index (χ0) is 26.0. The predicted molar refractivity (Wildman–Crippen MR) is 138 cm³/mol. The molecule has 0 bridgehead atoms. The molecule has 6 heteroatoms. The molecule has 0 heterocycles. The van der Waals surface area contributed by atoms with Gasteiger partial charge in [0.1, 0.15) is 18.3 Å². The van der Waals surface area contributed by atoms with E-state index >= 15 is 0 Å². The third-order valence-electron chi connectivity index (χ3n) is 6.09.